The second-order valence-electron chi connectivity index (χ2n) is 6.02. The van der Waals surface area contributed by atoms with Crippen LogP contribution in [0.4, 0.5) is 0 Å². The molecular formula is C17H37IN4O2. The van der Waals surface area contributed by atoms with E-state index >= 15 is 0 Å². The number of nitrogens with zero attached hydrogens (tertiary/aromatic N) is 2. The Kier molecular flexibility index (Phi) is 16.3. The smallest absolute Gasteiger partial charge is 0.191 e. The van der Waals surface area contributed by atoms with Gasteiger partial charge in [-0.25, -0.2) is 0 Å². The predicted molar refractivity (Wildman–Crippen MR) is 111 cm³/mol. The van der Waals surface area contributed by atoms with Gasteiger partial charge in [0.15, 0.2) is 5.96 Å². The van der Waals surface area contributed by atoms with Crippen molar-refractivity contribution in [1.82, 2.24) is 15.5 Å². The highest BCUT2D eigenvalue weighted by molar-refractivity contribution is 14.0. The number of hydrogen-bond donors (Lipinski definition) is 3. The van der Waals surface area contributed by atoms with Crippen molar-refractivity contribution in [2.75, 3.05) is 52.5 Å². The second-order valence-corrected chi connectivity index (χ2v) is 6.02. The maximum atomic E-state index is 9.51. The van der Waals surface area contributed by atoms with Crippen LogP contribution in [0.3, 0.4) is 0 Å². The van der Waals surface area contributed by atoms with Crippen molar-refractivity contribution in [2.24, 2.45) is 4.99 Å². The molecule has 1 aliphatic heterocycles. The van der Waals surface area contributed by atoms with Gasteiger partial charge in [-0.3, -0.25) is 4.99 Å². The van der Waals surface area contributed by atoms with Crippen molar-refractivity contribution in [1.29, 1.82) is 0 Å². The average molecular weight is 456 g/mol. The van der Waals surface area contributed by atoms with Gasteiger partial charge in [0.05, 0.1) is 6.10 Å². The highest BCUT2D eigenvalue weighted by atomic mass is 127. The minimum atomic E-state index is -0.0865. The number of guanidine groups is 1. The first-order valence-corrected chi connectivity index (χ1v) is 9.26. The summed E-state index contributed by atoms with van der Waals surface area (Å²) >= 11 is 0. The Balaban J connectivity index is 0.00000529. The number of aliphatic hydroxyl groups is 1. The van der Waals surface area contributed by atoms with Gasteiger partial charge in [0.2, 0.25) is 0 Å². The summed E-state index contributed by atoms with van der Waals surface area (Å²) in [6.45, 7) is 11.5. The van der Waals surface area contributed by atoms with Crippen LogP contribution in [0.15, 0.2) is 4.99 Å². The first-order chi connectivity index (χ1) is 11.3. The maximum absolute atomic E-state index is 9.51. The minimum Gasteiger partial charge on any atom is -0.393 e. The van der Waals surface area contributed by atoms with E-state index in [0.29, 0.717) is 0 Å². The fourth-order valence-corrected chi connectivity index (χ4v) is 2.65. The fourth-order valence-electron chi connectivity index (χ4n) is 2.65. The molecule has 144 valence electrons. The number of likely N-dealkylation sites (tertiary alicyclic amines) is 1. The number of piperidine rings is 1. The van der Waals surface area contributed by atoms with Crippen LogP contribution < -0.4 is 10.6 Å². The Hall–Kier alpha value is -0.120. The normalized spacial score (nSPS) is 16.7. The summed E-state index contributed by atoms with van der Waals surface area (Å²) in [6, 6.07) is 0. The zero-order valence-electron chi connectivity index (χ0n) is 15.4. The number of nitrogens with one attached hydrogen (secondary N) is 2. The van der Waals surface area contributed by atoms with Gasteiger partial charge in [-0.15, -0.1) is 24.0 Å². The SMILES string of the molecule is CCNC(=NCCCN1CCC(O)CC1)NCCCCOCC.I. The molecule has 0 radical (unpaired) electrons. The lowest BCUT2D eigenvalue weighted by molar-refractivity contribution is 0.0824. The lowest BCUT2D eigenvalue weighted by Gasteiger charge is -2.29. The summed E-state index contributed by atoms with van der Waals surface area (Å²) in [5.74, 6) is 0.915. The first-order valence-electron chi connectivity index (χ1n) is 9.26. The molecule has 0 unspecified atom stereocenters. The van der Waals surface area contributed by atoms with E-state index in [1.807, 2.05) is 6.92 Å². The predicted octanol–water partition coefficient (Wildman–Crippen LogP) is 1.82. The molecular weight excluding hydrogens is 419 g/mol. The summed E-state index contributed by atoms with van der Waals surface area (Å²) in [4.78, 5) is 7.06. The molecule has 0 aromatic carbocycles. The van der Waals surface area contributed by atoms with Crippen LogP contribution in [0.5, 0.6) is 0 Å². The molecule has 1 fully saturated rings. The van der Waals surface area contributed by atoms with E-state index in [4.69, 9.17) is 4.74 Å². The van der Waals surface area contributed by atoms with E-state index in [9.17, 15) is 5.11 Å². The van der Waals surface area contributed by atoms with Crippen LogP contribution in [-0.2, 0) is 4.74 Å². The van der Waals surface area contributed by atoms with Crippen LogP contribution in [0.1, 0.15) is 46.0 Å². The van der Waals surface area contributed by atoms with Crippen molar-refractivity contribution in [2.45, 2.75) is 52.1 Å². The Morgan fingerprint density at radius 3 is 2.58 bits per heavy atom. The van der Waals surface area contributed by atoms with Crippen LogP contribution in [0, 0.1) is 0 Å². The van der Waals surface area contributed by atoms with Crippen molar-refractivity contribution >= 4 is 29.9 Å². The number of aliphatic imine (C=N–C) groups is 1. The van der Waals surface area contributed by atoms with Gasteiger partial charge in [-0.2, -0.15) is 0 Å². The molecule has 24 heavy (non-hydrogen) atoms. The molecule has 0 aliphatic carbocycles. The van der Waals surface area contributed by atoms with Crippen molar-refractivity contribution in [3.8, 4) is 0 Å². The van der Waals surface area contributed by atoms with Gasteiger partial charge in [-0.1, -0.05) is 0 Å². The van der Waals surface area contributed by atoms with Gasteiger partial charge in [0.1, 0.15) is 0 Å². The molecule has 6 nitrogen and oxygen atoms in total. The summed E-state index contributed by atoms with van der Waals surface area (Å²) in [7, 11) is 0. The van der Waals surface area contributed by atoms with E-state index in [2.05, 4.69) is 27.4 Å². The standard InChI is InChI=1S/C17H36N4O2.HI/c1-3-18-17(19-10-5-6-15-23-4-2)20-11-7-12-21-13-8-16(22)9-14-21;/h16,22H,3-15H2,1-2H3,(H2,18,19,20);1H. The Bertz CT molecular complexity index is 311. The monoisotopic (exact) mass is 456 g/mol. The third-order valence-corrected chi connectivity index (χ3v) is 4.02. The fraction of sp³-hybridized carbons (Fsp3) is 0.941. The zero-order chi connectivity index (χ0) is 16.8. The summed E-state index contributed by atoms with van der Waals surface area (Å²) in [6.07, 6.45) is 4.99. The van der Waals surface area contributed by atoms with E-state index in [1.54, 1.807) is 0 Å². The lowest BCUT2D eigenvalue weighted by Crippen LogP contribution is -2.38. The quantitative estimate of drug-likeness (QED) is 0.192. The highest BCUT2D eigenvalue weighted by Crippen LogP contribution is 2.09. The Morgan fingerprint density at radius 2 is 1.92 bits per heavy atom. The first kappa shape index (κ1) is 23.9. The van der Waals surface area contributed by atoms with Crippen molar-refractivity contribution in [3.05, 3.63) is 0 Å². The number of ether oxygens (including phenoxy) is 1. The zero-order valence-corrected chi connectivity index (χ0v) is 17.8. The summed E-state index contributed by atoms with van der Waals surface area (Å²) in [5, 5.41) is 16.2. The van der Waals surface area contributed by atoms with Crippen LogP contribution in [0.25, 0.3) is 0 Å². The molecule has 7 heteroatoms. The summed E-state index contributed by atoms with van der Waals surface area (Å²) < 4.78 is 5.34. The van der Waals surface area contributed by atoms with Crippen molar-refractivity contribution < 1.29 is 9.84 Å². The summed E-state index contributed by atoms with van der Waals surface area (Å²) in [5.41, 5.74) is 0. The third-order valence-electron chi connectivity index (χ3n) is 4.02. The third kappa shape index (κ3) is 12.3. The van der Waals surface area contributed by atoms with E-state index in [-0.39, 0.29) is 30.1 Å². The molecule has 3 N–H and O–H groups in total. The van der Waals surface area contributed by atoms with Gasteiger partial charge in [0.25, 0.3) is 0 Å². The number of aliphatic hydroxyl groups excluding tert-OH is 1. The van der Waals surface area contributed by atoms with E-state index in [0.717, 1.165) is 90.5 Å². The largest absolute Gasteiger partial charge is 0.393 e. The van der Waals surface area contributed by atoms with Crippen molar-refractivity contribution in [3.63, 3.8) is 0 Å². The molecule has 0 bridgehead atoms. The van der Waals surface area contributed by atoms with Crippen LogP contribution in [0.2, 0.25) is 0 Å². The molecule has 0 atom stereocenters. The highest BCUT2D eigenvalue weighted by Gasteiger charge is 2.15. The molecule has 0 spiro atoms. The molecule has 1 rings (SSSR count). The molecule has 0 aromatic rings. The number of unbranched alkanes of at least 4 members (excludes halogenated alkanes) is 1. The van der Waals surface area contributed by atoms with E-state index < -0.39 is 0 Å². The molecule has 0 saturated carbocycles. The topological polar surface area (TPSA) is 69.1 Å². The number of rotatable bonds is 11. The second kappa shape index (κ2) is 16.4. The van der Waals surface area contributed by atoms with Gasteiger partial charge in [0, 0.05) is 45.9 Å². The van der Waals surface area contributed by atoms with E-state index in [1.165, 1.54) is 0 Å². The lowest BCUT2D eigenvalue weighted by atomic mass is 10.1. The molecule has 1 saturated heterocycles. The average Bonchev–Trinajstić information content (AvgIpc) is 2.56. The minimum absolute atomic E-state index is 0. The molecule has 1 aliphatic rings. The number of halogens is 1. The van der Waals surface area contributed by atoms with Gasteiger partial charge < -0.3 is 25.4 Å². The molecule has 0 amide bonds. The Morgan fingerprint density at radius 1 is 1.17 bits per heavy atom. The Labute approximate surface area is 164 Å². The molecule has 0 aromatic heterocycles. The number of hydrogen-bond acceptors (Lipinski definition) is 4. The van der Waals surface area contributed by atoms with Gasteiger partial charge >= 0.3 is 0 Å². The van der Waals surface area contributed by atoms with Crippen LogP contribution in [-0.4, -0.2) is 74.6 Å². The molecule has 1 heterocycles. The van der Waals surface area contributed by atoms with Crippen LogP contribution >= 0.6 is 24.0 Å². The maximum Gasteiger partial charge on any atom is 0.191 e. The van der Waals surface area contributed by atoms with Gasteiger partial charge in [-0.05, 0) is 52.5 Å².